The van der Waals surface area contributed by atoms with E-state index in [0.717, 1.165) is 26.1 Å². The van der Waals surface area contributed by atoms with Crippen LogP contribution >= 0.6 is 0 Å². The van der Waals surface area contributed by atoms with E-state index in [0.29, 0.717) is 17.9 Å². The molecule has 0 aliphatic heterocycles. The lowest BCUT2D eigenvalue weighted by atomic mass is 10.5. The largest absolute Gasteiger partial charge is 0.461 e. The fourth-order valence-electron chi connectivity index (χ4n) is 1.55. The average Bonchev–Trinajstić information content (AvgIpc) is 2.41. The SMILES string of the molecule is CCCNc1nc(OC(C)C)nc(N(C)CCN(C)C)n1. The quantitative estimate of drug-likeness (QED) is 0.740. The van der Waals surface area contributed by atoms with E-state index in [4.69, 9.17) is 4.74 Å². The molecule has 0 aliphatic rings. The number of nitrogens with one attached hydrogen (secondary N) is 1. The zero-order valence-corrected chi connectivity index (χ0v) is 14.1. The molecule has 1 N–H and O–H groups in total. The molecule has 0 atom stereocenters. The highest BCUT2D eigenvalue weighted by molar-refractivity contribution is 5.37. The predicted octanol–water partition coefficient (Wildman–Crippen LogP) is 1.48. The van der Waals surface area contributed by atoms with Gasteiger partial charge in [-0.2, -0.15) is 15.0 Å². The number of ether oxygens (including phenoxy) is 1. The molecule has 1 aromatic heterocycles. The highest BCUT2D eigenvalue weighted by Gasteiger charge is 2.12. The van der Waals surface area contributed by atoms with Gasteiger partial charge in [-0.3, -0.25) is 0 Å². The van der Waals surface area contributed by atoms with Gasteiger partial charge in [0, 0.05) is 26.7 Å². The van der Waals surface area contributed by atoms with E-state index in [2.05, 4.69) is 32.1 Å². The lowest BCUT2D eigenvalue weighted by Gasteiger charge is -2.20. The molecule has 0 saturated carbocycles. The molecule has 1 heterocycles. The van der Waals surface area contributed by atoms with E-state index in [1.54, 1.807) is 0 Å². The van der Waals surface area contributed by atoms with E-state index < -0.39 is 0 Å². The highest BCUT2D eigenvalue weighted by Crippen LogP contribution is 2.15. The third-order valence-electron chi connectivity index (χ3n) is 2.70. The Morgan fingerprint density at radius 1 is 1.10 bits per heavy atom. The zero-order valence-electron chi connectivity index (χ0n) is 14.1. The minimum Gasteiger partial charge on any atom is -0.461 e. The summed E-state index contributed by atoms with van der Waals surface area (Å²) in [5.41, 5.74) is 0. The maximum atomic E-state index is 5.61. The Morgan fingerprint density at radius 3 is 2.38 bits per heavy atom. The first kappa shape index (κ1) is 17.4. The Kier molecular flexibility index (Phi) is 7.14. The smallest absolute Gasteiger partial charge is 0.323 e. The van der Waals surface area contributed by atoms with Gasteiger partial charge in [0.25, 0.3) is 0 Å². The number of hydrogen-bond donors (Lipinski definition) is 1. The standard InChI is InChI=1S/C14H28N6O/c1-7-8-15-12-16-13(20(6)10-9-19(4)5)18-14(17-12)21-11(2)3/h11H,7-10H2,1-6H3,(H,15,16,17,18). The Morgan fingerprint density at radius 2 is 1.81 bits per heavy atom. The predicted molar refractivity (Wildman–Crippen MR) is 86.2 cm³/mol. The molecule has 21 heavy (non-hydrogen) atoms. The van der Waals surface area contributed by atoms with Crippen LogP contribution in [0.15, 0.2) is 0 Å². The van der Waals surface area contributed by atoms with Crippen molar-refractivity contribution in [2.45, 2.75) is 33.3 Å². The topological polar surface area (TPSA) is 66.4 Å². The molecule has 120 valence electrons. The second kappa shape index (κ2) is 8.61. The summed E-state index contributed by atoms with van der Waals surface area (Å²) >= 11 is 0. The first-order chi connectivity index (χ1) is 9.92. The second-order valence-corrected chi connectivity index (χ2v) is 5.56. The summed E-state index contributed by atoms with van der Waals surface area (Å²) in [6.45, 7) is 8.61. The molecular formula is C14H28N6O. The van der Waals surface area contributed by atoms with Crippen LogP contribution < -0.4 is 15.0 Å². The first-order valence-electron chi connectivity index (χ1n) is 7.44. The Balaban J connectivity index is 2.88. The molecule has 1 rings (SSSR count). The zero-order chi connectivity index (χ0) is 15.8. The van der Waals surface area contributed by atoms with Crippen molar-refractivity contribution in [3.8, 4) is 6.01 Å². The van der Waals surface area contributed by atoms with Gasteiger partial charge in [0.05, 0.1) is 6.10 Å². The number of likely N-dealkylation sites (N-methyl/N-ethyl adjacent to an activating group) is 2. The summed E-state index contributed by atoms with van der Waals surface area (Å²) in [5.74, 6) is 1.19. The van der Waals surface area contributed by atoms with Crippen LogP contribution in [-0.4, -0.2) is 66.7 Å². The minimum atomic E-state index is 0.0337. The maximum absolute atomic E-state index is 5.61. The number of hydrogen-bond acceptors (Lipinski definition) is 7. The van der Waals surface area contributed by atoms with Crippen molar-refractivity contribution in [2.24, 2.45) is 0 Å². The summed E-state index contributed by atoms with van der Waals surface area (Å²) in [4.78, 5) is 17.3. The van der Waals surface area contributed by atoms with Crippen LogP contribution in [0.1, 0.15) is 27.2 Å². The van der Waals surface area contributed by atoms with Gasteiger partial charge in [-0.25, -0.2) is 0 Å². The lowest BCUT2D eigenvalue weighted by Crippen LogP contribution is -2.30. The monoisotopic (exact) mass is 296 g/mol. The molecule has 0 spiro atoms. The Bertz CT molecular complexity index is 424. The van der Waals surface area contributed by atoms with E-state index >= 15 is 0 Å². The van der Waals surface area contributed by atoms with Crippen LogP contribution in [0.25, 0.3) is 0 Å². The molecule has 1 aromatic rings. The molecule has 0 fully saturated rings. The first-order valence-corrected chi connectivity index (χ1v) is 7.44. The molecule has 0 unspecified atom stereocenters. The van der Waals surface area contributed by atoms with Crippen molar-refractivity contribution in [1.82, 2.24) is 19.9 Å². The summed E-state index contributed by atoms with van der Waals surface area (Å²) < 4.78 is 5.61. The van der Waals surface area contributed by atoms with Crippen LogP contribution in [0.4, 0.5) is 11.9 Å². The van der Waals surface area contributed by atoms with Crippen LogP contribution in [0.2, 0.25) is 0 Å². The number of rotatable bonds is 9. The van der Waals surface area contributed by atoms with Crippen molar-refractivity contribution in [3.05, 3.63) is 0 Å². The summed E-state index contributed by atoms with van der Waals surface area (Å²) in [7, 11) is 6.06. The molecular weight excluding hydrogens is 268 g/mol. The van der Waals surface area contributed by atoms with Gasteiger partial charge in [-0.05, 0) is 34.4 Å². The minimum absolute atomic E-state index is 0.0337. The second-order valence-electron chi connectivity index (χ2n) is 5.56. The van der Waals surface area contributed by atoms with Crippen molar-refractivity contribution in [2.75, 3.05) is 51.0 Å². The fourth-order valence-corrected chi connectivity index (χ4v) is 1.55. The number of nitrogens with zero attached hydrogens (tertiary/aromatic N) is 5. The molecule has 0 aliphatic carbocycles. The number of aromatic nitrogens is 3. The van der Waals surface area contributed by atoms with Crippen molar-refractivity contribution in [1.29, 1.82) is 0 Å². The Labute approximate surface area is 127 Å². The fraction of sp³-hybridized carbons (Fsp3) is 0.786. The highest BCUT2D eigenvalue weighted by atomic mass is 16.5. The van der Waals surface area contributed by atoms with Gasteiger partial charge < -0.3 is 19.9 Å². The van der Waals surface area contributed by atoms with Crippen LogP contribution in [0, 0.1) is 0 Å². The van der Waals surface area contributed by atoms with Gasteiger partial charge >= 0.3 is 6.01 Å². The van der Waals surface area contributed by atoms with E-state index in [1.807, 2.05) is 39.9 Å². The molecule has 0 aromatic carbocycles. The molecule has 0 amide bonds. The third kappa shape index (κ3) is 6.57. The van der Waals surface area contributed by atoms with Crippen LogP contribution in [0.5, 0.6) is 6.01 Å². The van der Waals surface area contributed by atoms with E-state index in [9.17, 15) is 0 Å². The molecule has 7 heteroatoms. The van der Waals surface area contributed by atoms with Gasteiger partial charge in [-0.1, -0.05) is 6.92 Å². The summed E-state index contributed by atoms with van der Waals surface area (Å²) in [6, 6.07) is 0.366. The maximum Gasteiger partial charge on any atom is 0.323 e. The van der Waals surface area contributed by atoms with Crippen molar-refractivity contribution < 1.29 is 4.74 Å². The van der Waals surface area contributed by atoms with Crippen molar-refractivity contribution in [3.63, 3.8) is 0 Å². The van der Waals surface area contributed by atoms with Crippen LogP contribution in [-0.2, 0) is 0 Å². The molecule has 0 radical (unpaired) electrons. The summed E-state index contributed by atoms with van der Waals surface area (Å²) in [6.07, 6.45) is 1.05. The molecule has 0 bridgehead atoms. The van der Waals surface area contributed by atoms with E-state index in [-0.39, 0.29) is 6.10 Å². The molecule has 7 nitrogen and oxygen atoms in total. The van der Waals surface area contributed by atoms with Gasteiger partial charge in [0.2, 0.25) is 11.9 Å². The number of anilines is 2. The average molecular weight is 296 g/mol. The van der Waals surface area contributed by atoms with Crippen LogP contribution in [0.3, 0.4) is 0 Å². The molecule has 0 saturated heterocycles. The van der Waals surface area contributed by atoms with Gasteiger partial charge in [0.1, 0.15) is 0 Å². The van der Waals surface area contributed by atoms with E-state index in [1.165, 1.54) is 0 Å². The van der Waals surface area contributed by atoms with Crippen molar-refractivity contribution >= 4 is 11.9 Å². The summed E-state index contributed by atoms with van der Waals surface area (Å²) in [5, 5.41) is 3.19. The lowest BCUT2D eigenvalue weighted by molar-refractivity contribution is 0.222. The van der Waals surface area contributed by atoms with Gasteiger partial charge in [-0.15, -0.1) is 0 Å². The normalized spacial score (nSPS) is 11.0. The third-order valence-corrected chi connectivity index (χ3v) is 2.70. The van der Waals surface area contributed by atoms with Gasteiger partial charge in [0.15, 0.2) is 0 Å². The Hall–Kier alpha value is -1.63.